The fourth-order valence-electron chi connectivity index (χ4n) is 2.07. The molecule has 19 heavy (non-hydrogen) atoms. The second kappa shape index (κ2) is 5.78. The lowest BCUT2D eigenvalue weighted by atomic mass is 10.1. The Morgan fingerprint density at radius 3 is 2.74 bits per heavy atom. The largest absolute Gasteiger partial charge is 0.352 e. The summed E-state index contributed by atoms with van der Waals surface area (Å²) in [5.41, 5.74) is 2.53. The molecule has 0 saturated carbocycles. The third-order valence-corrected chi connectivity index (χ3v) is 3.02. The first kappa shape index (κ1) is 13.5. The van der Waals surface area contributed by atoms with E-state index >= 15 is 0 Å². The number of hydrogen-bond acceptors (Lipinski definition) is 3. The van der Waals surface area contributed by atoms with Crippen molar-refractivity contribution in [3.05, 3.63) is 35.3 Å². The summed E-state index contributed by atoms with van der Waals surface area (Å²) >= 11 is 0. The highest BCUT2D eigenvalue weighted by molar-refractivity contribution is 5.98. The van der Waals surface area contributed by atoms with Crippen LogP contribution >= 0.6 is 0 Å². The van der Waals surface area contributed by atoms with E-state index < -0.39 is 0 Å². The second-order valence-electron chi connectivity index (χ2n) is 4.56. The lowest BCUT2D eigenvalue weighted by Gasteiger charge is -2.07. The fourth-order valence-corrected chi connectivity index (χ4v) is 2.07. The van der Waals surface area contributed by atoms with E-state index in [1.807, 2.05) is 32.0 Å². The number of nitrogens with one attached hydrogen (secondary N) is 1. The fraction of sp³-hybridized carbons (Fsp3) is 0.400. The first-order chi connectivity index (χ1) is 9.15. The molecule has 0 unspecified atom stereocenters. The Kier molecular flexibility index (Phi) is 4.10. The summed E-state index contributed by atoms with van der Waals surface area (Å²) in [4.78, 5) is 20.8. The summed E-state index contributed by atoms with van der Waals surface area (Å²) in [6, 6.07) is 5.62. The van der Waals surface area contributed by atoms with Crippen molar-refractivity contribution in [2.75, 3.05) is 6.54 Å². The molecule has 0 radical (unpaired) electrons. The van der Waals surface area contributed by atoms with E-state index in [9.17, 15) is 4.79 Å². The minimum atomic E-state index is -0.0435. The van der Waals surface area contributed by atoms with Crippen LogP contribution in [-0.2, 0) is 6.42 Å². The van der Waals surface area contributed by atoms with Gasteiger partial charge in [-0.1, -0.05) is 19.9 Å². The molecular formula is C15H19N3O. The zero-order valence-corrected chi connectivity index (χ0v) is 11.7. The van der Waals surface area contributed by atoms with E-state index in [0.717, 1.165) is 35.3 Å². The summed E-state index contributed by atoms with van der Waals surface area (Å²) in [5.74, 6) is 0.702. The Morgan fingerprint density at radius 2 is 2.05 bits per heavy atom. The monoisotopic (exact) mass is 257 g/mol. The summed E-state index contributed by atoms with van der Waals surface area (Å²) < 4.78 is 0. The van der Waals surface area contributed by atoms with Gasteiger partial charge in [-0.3, -0.25) is 4.79 Å². The zero-order chi connectivity index (χ0) is 13.8. The van der Waals surface area contributed by atoms with Gasteiger partial charge < -0.3 is 5.32 Å². The molecular weight excluding hydrogens is 238 g/mol. The smallest absolute Gasteiger partial charge is 0.251 e. The van der Waals surface area contributed by atoms with Gasteiger partial charge in [0.2, 0.25) is 0 Å². The van der Waals surface area contributed by atoms with Crippen molar-refractivity contribution in [2.24, 2.45) is 0 Å². The van der Waals surface area contributed by atoms with Crippen LogP contribution in [0.25, 0.3) is 10.9 Å². The molecule has 1 amide bonds. The van der Waals surface area contributed by atoms with Crippen LogP contribution in [0, 0.1) is 6.92 Å². The number of amides is 1. The maximum absolute atomic E-state index is 11.9. The van der Waals surface area contributed by atoms with Crippen molar-refractivity contribution in [1.82, 2.24) is 15.3 Å². The summed E-state index contributed by atoms with van der Waals surface area (Å²) in [5, 5.41) is 3.90. The molecule has 1 N–H and O–H groups in total. The molecule has 1 aromatic heterocycles. The highest BCUT2D eigenvalue weighted by atomic mass is 16.1. The Balaban J connectivity index is 2.43. The van der Waals surface area contributed by atoms with E-state index in [4.69, 9.17) is 0 Å². The van der Waals surface area contributed by atoms with Gasteiger partial charge >= 0.3 is 0 Å². The van der Waals surface area contributed by atoms with E-state index in [2.05, 4.69) is 22.2 Å². The van der Waals surface area contributed by atoms with E-state index in [1.165, 1.54) is 0 Å². The Labute approximate surface area is 113 Å². The first-order valence-electron chi connectivity index (χ1n) is 6.71. The Morgan fingerprint density at radius 1 is 1.26 bits per heavy atom. The van der Waals surface area contributed by atoms with Gasteiger partial charge in [0.1, 0.15) is 5.82 Å². The van der Waals surface area contributed by atoms with Crippen molar-refractivity contribution >= 4 is 16.8 Å². The van der Waals surface area contributed by atoms with Crippen molar-refractivity contribution in [3.63, 3.8) is 0 Å². The number of benzene rings is 1. The van der Waals surface area contributed by atoms with E-state index in [-0.39, 0.29) is 5.91 Å². The number of rotatable bonds is 4. The topological polar surface area (TPSA) is 54.9 Å². The van der Waals surface area contributed by atoms with Crippen LogP contribution in [0.3, 0.4) is 0 Å². The molecule has 0 aliphatic heterocycles. The van der Waals surface area contributed by atoms with Gasteiger partial charge in [-0.05, 0) is 31.9 Å². The van der Waals surface area contributed by atoms with E-state index in [1.54, 1.807) is 0 Å². The van der Waals surface area contributed by atoms with Crippen LogP contribution < -0.4 is 5.32 Å². The van der Waals surface area contributed by atoms with Crippen LogP contribution in [0.4, 0.5) is 0 Å². The van der Waals surface area contributed by atoms with Crippen LogP contribution in [-0.4, -0.2) is 22.4 Å². The summed E-state index contributed by atoms with van der Waals surface area (Å²) in [6.07, 6.45) is 1.79. The van der Waals surface area contributed by atoms with Gasteiger partial charge in [0.15, 0.2) is 0 Å². The van der Waals surface area contributed by atoms with E-state index in [0.29, 0.717) is 12.1 Å². The second-order valence-corrected chi connectivity index (χ2v) is 4.56. The Bertz CT molecular complexity index is 608. The molecule has 1 heterocycles. The van der Waals surface area contributed by atoms with Gasteiger partial charge in [-0.25, -0.2) is 9.97 Å². The SMILES string of the molecule is CCCNC(=O)c1ccc2c(CC)nc(C)nc2c1. The van der Waals surface area contributed by atoms with Crippen LogP contribution in [0.15, 0.2) is 18.2 Å². The van der Waals surface area contributed by atoms with Crippen LogP contribution in [0.2, 0.25) is 0 Å². The third-order valence-electron chi connectivity index (χ3n) is 3.02. The predicted octanol–water partition coefficient (Wildman–Crippen LogP) is 2.64. The number of aromatic nitrogens is 2. The standard InChI is InChI=1S/C15H19N3O/c1-4-8-16-15(19)11-6-7-12-13(5-2)17-10(3)18-14(12)9-11/h6-7,9H,4-5,8H2,1-3H3,(H,16,19). The minimum Gasteiger partial charge on any atom is -0.352 e. The number of aryl methyl sites for hydroxylation is 2. The lowest BCUT2D eigenvalue weighted by Crippen LogP contribution is -2.23. The minimum absolute atomic E-state index is 0.0435. The van der Waals surface area contributed by atoms with Crippen molar-refractivity contribution in [3.8, 4) is 0 Å². The van der Waals surface area contributed by atoms with Gasteiger partial charge in [-0.15, -0.1) is 0 Å². The van der Waals surface area contributed by atoms with Gasteiger partial charge in [0.05, 0.1) is 11.2 Å². The van der Waals surface area contributed by atoms with Crippen LogP contribution in [0.1, 0.15) is 42.1 Å². The molecule has 0 saturated heterocycles. The molecule has 0 bridgehead atoms. The number of carbonyl (C=O) groups is 1. The molecule has 2 rings (SSSR count). The lowest BCUT2D eigenvalue weighted by molar-refractivity contribution is 0.0954. The molecule has 2 aromatic rings. The number of fused-ring (bicyclic) bond motifs is 1. The number of nitrogens with zero attached hydrogens (tertiary/aromatic N) is 2. The molecule has 0 aliphatic carbocycles. The van der Waals surface area contributed by atoms with Crippen molar-refractivity contribution < 1.29 is 4.79 Å². The third kappa shape index (κ3) is 2.89. The number of hydrogen-bond donors (Lipinski definition) is 1. The van der Waals surface area contributed by atoms with Gasteiger partial charge in [-0.2, -0.15) is 0 Å². The maximum Gasteiger partial charge on any atom is 0.251 e. The Hall–Kier alpha value is -1.97. The predicted molar refractivity (Wildman–Crippen MR) is 76.3 cm³/mol. The molecule has 1 aromatic carbocycles. The van der Waals surface area contributed by atoms with Crippen molar-refractivity contribution in [1.29, 1.82) is 0 Å². The van der Waals surface area contributed by atoms with Gasteiger partial charge in [0, 0.05) is 17.5 Å². The molecule has 0 spiro atoms. The highest BCUT2D eigenvalue weighted by Crippen LogP contribution is 2.18. The van der Waals surface area contributed by atoms with Crippen molar-refractivity contribution in [2.45, 2.75) is 33.6 Å². The average molecular weight is 257 g/mol. The summed E-state index contributed by atoms with van der Waals surface area (Å²) in [6.45, 7) is 6.68. The molecule has 4 heteroatoms. The maximum atomic E-state index is 11.9. The number of carbonyl (C=O) groups excluding carboxylic acids is 1. The highest BCUT2D eigenvalue weighted by Gasteiger charge is 2.09. The summed E-state index contributed by atoms with van der Waals surface area (Å²) in [7, 11) is 0. The van der Waals surface area contributed by atoms with Gasteiger partial charge in [0.25, 0.3) is 5.91 Å². The quantitative estimate of drug-likeness (QED) is 0.916. The molecule has 0 aliphatic rings. The molecule has 100 valence electrons. The van der Waals surface area contributed by atoms with Crippen LogP contribution in [0.5, 0.6) is 0 Å². The first-order valence-corrected chi connectivity index (χ1v) is 6.71. The molecule has 0 atom stereocenters. The molecule has 0 fully saturated rings. The normalized spacial score (nSPS) is 10.7. The zero-order valence-electron chi connectivity index (χ0n) is 11.7. The molecule has 4 nitrogen and oxygen atoms in total. The average Bonchev–Trinajstić information content (AvgIpc) is 2.42.